The molecule has 2 atom stereocenters. The predicted molar refractivity (Wildman–Crippen MR) is 54.2 cm³/mol. The first kappa shape index (κ1) is 10.0. The van der Waals surface area contributed by atoms with Crippen molar-refractivity contribution in [1.82, 2.24) is 4.90 Å². The van der Waals surface area contributed by atoms with Gasteiger partial charge in [0.25, 0.3) is 0 Å². The molecule has 0 amide bonds. The average molecular weight is 169 g/mol. The molecule has 0 unspecified atom stereocenters. The molecule has 1 rings (SSSR count). The Hall–Kier alpha value is -0.0400. The van der Waals surface area contributed by atoms with Crippen molar-refractivity contribution in [3.8, 4) is 0 Å². The van der Waals surface area contributed by atoms with Gasteiger partial charge < -0.3 is 0 Å². The number of likely N-dealkylation sites (tertiary alicyclic amines) is 1. The van der Waals surface area contributed by atoms with E-state index in [1.165, 1.54) is 13.0 Å². The smallest absolute Gasteiger partial charge is 0.0101 e. The minimum atomic E-state index is 0.726. The Morgan fingerprint density at radius 2 is 1.75 bits per heavy atom. The maximum Gasteiger partial charge on any atom is 0.0101 e. The highest BCUT2D eigenvalue weighted by Gasteiger charge is 2.33. The van der Waals surface area contributed by atoms with E-state index in [2.05, 4.69) is 39.5 Å². The van der Waals surface area contributed by atoms with Crippen LogP contribution in [0.3, 0.4) is 0 Å². The van der Waals surface area contributed by atoms with Gasteiger partial charge >= 0.3 is 0 Å². The van der Waals surface area contributed by atoms with Gasteiger partial charge in [0.15, 0.2) is 0 Å². The van der Waals surface area contributed by atoms with Crippen LogP contribution in [-0.4, -0.2) is 23.5 Å². The van der Waals surface area contributed by atoms with Crippen LogP contribution in [0.25, 0.3) is 0 Å². The van der Waals surface area contributed by atoms with Crippen molar-refractivity contribution < 1.29 is 0 Å². The quantitative estimate of drug-likeness (QED) is 0.614. The fourth-order valence-electron chi connectivity index (χ4n) is 2.61. The lowest BCUT2D eigenvalue weighted by Crippen LogP contribution is -2.36. The summed E-state index contributed by atoms with van der Waals surface area (Å²) in [5.41, 5.74) is 0. The summed E-state index contributed by atoms with van der Waals surface area (Å²) in [5, 5.41) is 0. The maximum absolute atomic E-state index is 2.63. The molecule has 0 aromatic carbocycles. The molecule has 1 heterocycles. The van der Waals surface area contributed by atoms with E-state index >= 15 is 0 Å². The number of hydrogen-bond donors (Lipinski definition) is 0. The van der Waals surface area contributed by atoms with Crippen LogP contribution in [0, 0.1) is 11.8 Å². The zero-order valence-corrected chi connectivity index (χ0v) is 9.17. The van der Waals surface area contributed by atoms with Crippen LogP contribution in [0.2, 0.25) is 0 Å². The molecule has 1 saturated heterocycles. The van der Waals surface area contributed by atoms with Crippen molar-refractivity contribution in [2.24, 2.45) is 11.8 Å². The van der Waals surface area contributed by atoms with Crippen LogP contribution >= 0.6 is 0 Å². The van der Waals surface area contributed by atoms with E-state index in [0.717, 1.165) is 23.9 Å². The van der Waals surface area contributed by atoms with Crippen LogP contribution in [-0.2, 0) is 0 Å². The minimum absolute atomic E-state index is 0.726. The van der Waals surface area contributed by atoms with Gasteiger partial charge in [-0.1, -0.05) is 13.8 Å². The van der Waals surface area contributed by atoms with E-state index in [0.29, 0.717) is 0 Å². The standard InChI is InChI=1S/C11H23N/c1-8(2)11-6-7-12(9(3)4)10(11)5/h8-11H,6-7H2,1-5H3/t10-,11+/m1/s1. The van der Waals surface area contributed by atoms with Crippen molar-refractivity contribution in [2.45, 2.75) is 53.1 Å². The molecule has 1 heteroatoms. The molecule has 12 heavy (non-hydrogen) atoms. The van der Waals surface area contributed by atoms with E-state index in [4.69, 9.17) is 0 Å². The fraction of sp³-hybridized carbons (Fsp3) is 1.00. The maximum atomic E-state index is 2.63. The molecule has 0 aliphatic carbocycles. The molecule has 1 aliphatic rings. The zero-order chi connectivity index (χ0) is 9.30. The molecular weight excluding hydrogens is 146 g/mol. The number of hydrogen-bond acceptors (Lipinski definition) is 1. The minimum Gasteiger partial charge on any atom is -0.298 e. The van der Waals surface area contributed by atoms with E-state index in [1.807, 2.05) is 0 Å². The summed E-state index contributed by atoms with van der Waals surface area (Å²) < 4.78 is 0. The lowest BCUT2D eigenvalue weighted by Gasteiger charge is -2.29. The molecule has 0 saturated carbocycles. The molecule has 72 valence electrons. The Bertz CT molecular complexity index is 124. The monoisotopic (exact) mass is 169 g/mol. The zero-order valence-electron chi connectivity index (χ0n) is 9.17. The van der Waals surface area contributed by atoms with Crippen LogP contribution in [0.5, 0.6) is 0 Å². The highest BCUT2D eigenvalue weighted by Crippen LogP contribution is 2.31. The highest BCUT2D eigenvalue weighted by atomic mass is 15.2. The SMILES string of the molecule is CC(C)[C@@H]1CCN(C(C)C)[C@@H]1C. The molecular formula is C11H23N. The molecule has 0 N–H and O–H groups in total. The molecule has 1 nitrogen and oxygen atoms in total. The number of rotatable bonds is 2. The van der Waals surface area contributed by atoms with Crippen molar-refractivity contribution in [3.63, 3.8) is 0 Å². The van der Waals surface area contributed by atoms with Crippen molar-refractivity contribution >= 4 is 0 Å². The summed E-state index contributed by atoms with van der Waals surface area (Å²) in [4.78, 5) is 2.63. The molecule has 0 spiro atoms. The van der Waals surface area contributed by atoms with Crippen molar-refractivity contribution in [2.75, 3.05) is 6.54 Å². The summed E-state index contributed by atoms with van der Waals surface area (Å²) in [5.74, 6) is 1.77. The first-order valence-electron chi connectivity index (χ1n) is 5.29. The molecule has 0 radical (unpaired) electrons. The fourth-order valence-corrected chi connectivity index (χ4v) is 2.61. The van der Waals surface area contributed by atoms with Crippen LogP contribution in [0.4, 0.5) is 0 Å². The second-order valence-electron chi connectivity index (χ2n) is 4.77. The topological polar surface area (TPSA) is 3.24 Å². The average Bonchev–Trinajstić information content (AvgIpc) is 2.30. The molecule has 0 bridgehead atoms. The largest absolute Gasteiger partial charge is 0.298 e. The second-order valence-corrected chi connectivity index (χ2v) is 4.77. The van der Waals surface area contributed by atoms with Gasteiger partial charge in [-0.15, -0.1) is 0 Å². The third kappa shape index (κ3) is 1.82. The first-order valence-corrected chi connectivity index (χ1v) is 5.29. The lowest BCUT2D eigenvalue weighted by atomic mass is 9.89. The highest BCUT2D eigenvalue weighted by molar-refractivity contribution is 4.86. The molecule has 1 fully saturated rings. The Balaban J connectivity index is 2.55. The summed E-state index contributed by atoms with van der Waals surface area (Å²) in [7, 11) is 0. The van der Waals surface area contributed by atoms with Crippen LogP contribution < -0.4 is 0 Å². The van der Waals surface area contributed by atoms with Gasteiger partial charge in [-0.25, -0.2) is 0 Å². The van der Waals surface area contributed by atoms with Gasteiger partial charge in [0.1, 0.15) is 0 Å². The molecule has 0 aromatic heterocycles. The summed E-state index contributed by atoms with van der Waals surface area (Å²) >= 11 is 0. The summed E-state index contributed by atoms with van der Waals surface area (Å²) in [6.45, 7) is 13.0. The van der Waals surface area contributed by atoms with E-state index in [-0.39, 0.29) is 0 Å². The first-order chi connectivity index (χ1) is 5.54. The van der Waals surface area contributed by atoms with Gasteiger partial charge in [-0.3, -0.25) is 4.90 Å². The number of nitrogens with zero attached hydrogens (tertiary/aromatic N) is 1. The Labute approximate surface area is 77.1 Å². The summed E-state index contributed by atoms with van der Waals surface area (Å²) in [6.07, 6.45) is 1.40. The second kappa shape index (κ2) is 3.78. The lowest BCUT2D eigenvalue weighted by molar-refractivity contribution is 0.179. The predicted octanol–water partition coefficient (Wildman–Crippen LogP) is 2.76. The normalized spacial score (nSPS) is 32.2. The summed E-state index contributed by atoms with van der Waals surface area (Å²) in [6, 6.07) is 1.52. The van der Waals surface area contributed by atoms with E-state index in [9.17, 15) is 0 Å². The van der Waals surface area contributed by atoms with Crippen molar-refractivity contribution in [1.29, 1.82) is 0 Å². The van der Waals surface area contributed by atoms with Crippen molar-refractivity contribution in [3.05, 3.63) is 0 Å². The van der Waals surface area contributed by atoms with E-state index in [1.54, 1.807) is 0 Å². The van der Waals surface area contributed by atoms with Gasteiger partial charge in [0.05, 0.1) is 0 Å². The van der Waals surface area contributed by atoms with Crippen LogP contribution in [0.15, 0.2) is 0 Å². The Morgan fingerprint density at radius 3 is 2.00 bits per heavy atom. The van der Waals surface area contributed by atoms with E-state index < -0.39 is 0 Å². The Kier molecular flexibility index (Phi) is 3.16. The van der Waals surface area contributed by atoms with Crippen LogP contribution in [0.1, 0.15) is 41.0 Å². The Morgan fingerprint density at radius 1 is 1.17 bits per heavy atom. The van der Waals surface area contributed by atoms with Gasteiger partial charge in [0.2, 0.25) is 0 Å². The van der Waals surface area contributed by atoms with Gasteiger partial charge in [-0.05, 0) is 45.6 Å². The third-order valence-corrected chi connectivity index (χ3v) is 3.38. The van der Waals surface area contributed by atoms with Gasteiger partial charge in [0, 0.05) is 12.1 Å². The molecule has 1 aliphatic heterocycles. The van der Waals surface area contributed by atoms with Gasteiger partial charge in [-0.2, -0.15) is 0 Å². The molecule has 0 aromatic rings. The third-order valence-electron chi connectivity index (χ3n) is 3.38.